The van der Waals surface area contributed by atoms with Crippen molar-refractivity contribution in [1.29, 1.82) is 0 Å². The number of aliphatic hydroxyl groups excluding tert-OH is 1. The number of carbonyl (C=O) groups is 1. The Bertz CT molecular complexity index is 231. The molecule has 0 heterocycles. The molecule has 0 fully saturated rings. The summed E-state index contributed by atoms with van der Waals surface area (Å²) in [6, 6.07) is 0. The molecule has 1 atom stereocenters. The Kier molecular flexibility index (Phi) is 8.97. The molecule has 0 aliphatic rings. The van der Waals surface area contributed by atoms with Crippen LogP contribution in [0, 0.1) is 5.41 Å². The molecule has 18 heavy (non-hydrogen) atoms. The Hall–Kier alpha value is -0.650. The molecule has 5 heteroatoms. The summed E-state index contributed by atoms with van der Waals surface area (Å²) >= 11 is 0. The zero-order valence-corrected chi connectivity index (χ0v) is 12.1. The molecule has 0 saturated heterocycles. The van der Waals surface area contributed by atoms with Gasteiger partial charge in [-0.1, -0.05) is 13.8 Å². The largest absolute Gasteiger partial charge is 0.465 e. The first-order valence-corrected chi connectivity index (χ1v) is 6.53. The topological polar surface area (TPSA) is 59.0 Å². The first kappa shape index (κ1) is 17.4. The standard InChI is InChI=1S/C13H27NO4/c1-5-14(6-2)8-7-9-18-12(16)13(3,10-15)11-17-4/h15H,5-11H2,1-4H3. The number of esters is 1. The highest BCUT2D eigenvalue weighted by atomic mass is 16.5. The van der Waals surface area contributed by atoms with Gasteiger partial charge in [-0.25, -0.2) is 0 Å². The van der Waals surface area contributed by atoms with Gasteiger partial charge >= 0.3 is 5.97 Å². The number of hydrogen-bond donors (Lipinski definition) is 1. The van der Waals surface area contributed by atoms with Crippen LogP contribution in [0.25, 0.3) is 0 Å². The number of aliphatic hydroxyl groups is 1. The molecule has 0 radical (unpaired) electrons. The van der Waals surface area contributed by atoms with E-state index in [1.165, 1.54) is 7.11 Å². The van der Waals surface area contributed by atoms with Gasteiger partial charge in [-0.15, -0.1) is 0 Å². The number of nitrogens with zero attached hydrogens (tertiary/aromatic N) is 1. The van der Waals surface area contributed by atoms with Crippen molar-refractivity contribution in [1.82, 2.24) is 4.90 Å². The zero-order valence-electron chi connectivity index (χ0n) is 12.1. The number of ether oxygens (including phenoxy) is 2. The lowest BCUT2D eigenvalue weighted by Crippen LogP contribution is -2.38. The van der Waals surface area contributed by atoms with Crippen molar-refractivity contribution >= 4 is 5.97 Å². The summed E-state index contributed by atoms with van der Waals surface area (Å²) in [4.78, 5) is 14.1. The molecule has 108 valence electrons. The minimum Gasteiger partial charge on any atom is -0.465 e. The van der Waals surface area contributed by atoms with E-state index in [0.29, 0.717) is 6.61 Å². The van der Waals surface area contributed by atoms with Crippen molar-refractivity contribution in [3.63, 3.8) is 0 Å². The molecule has 0 bridgehead atoms. The summed E-state index contributed by atoms with van der Waals surface area (Å²) in [5, 5.41) is 9.22. The maximum atomic E-state index is 11.8. The molecule has 1 N–H and O–H groups in total. The molecule has 0 aromatic carbocycles. The highest BCUT2D eigenvalue weighted by Crippen LogP contribution is 2.18. The maximum absolute atomic E-state index is 11.8. The van der Waals surface area contributed by atoms with Crippen molar-refractivity contribution < 1.29 is 19.4 Å². The van der Waals surface area contributed by atoms with Crippen molar-refractivity contribution in [2.45, 2.75) is 27.2 Å². The highest BCUT2D eigenvalue weighted by Gasteiger charge is 2.34. The minimum absolute atomic E-state index is 0.165. The summed E-state index contributed by atoms with van der Waals surface area (Å²) in [6.07, 6.45) is 0.807. The van der Waals surface area contributed by atoms with Gasteiger partial charge in [0, 0.05) is 13.7 Å². The van der Waals surface area contributed by atoms with Crippen molar-refractivity contribution in [3.8, 4) is 0 Å². The van der Waals surface area contributed by atoms with Crippen LogP contribution >= 0.6 is 0 Å². The summed E-state index contributed by atoms with van der Waals surface area (Å²) in [7, 11) is 1.50. The predicted octanol–water partition coefficient (Wildman–Crippen LogP) is 0.906. The minimum atomic E-state index is -0.954. The first-order chi connectivity index (χ1) is 8.53. The third-order valence-corrected chi connectivity index (χ3v) is 3.05. The van der Waals surface area contributed by atoms with Crippen LogP contribution in [0.1, 0.15) is 27.2 Å². The van der Waals surface area contributed by atoms with Crippen LogP contribution in [0.15, 0.2) is 0 Å². The second kappa shape index (κ2) is 9.30. The van der Waals surface area contributed by atoms with E-state index < -0.39 is 11.4 Å². The monoisotopic (exact) mass is 261 g/mol. The summed E-state index contributed by atoms with van der Waals surface area (Å²) in [6.45, 7) is 9.06. The second-order valence-electron chi connectivity index (χ2n) is 4.67. The van der Waals surface area contributed by atoms with E-state index in [1.807, 2.05) is 0 Å². The molecule has 0 aromatic rings. The molecule has 5 nitrogen and oxygen atoms in total. The van der Waals surface area contributed by atoms with E-state index in [-0.39, 0.29) is 13.2 Å². The Morgan fingerprint density at radius 3 is 2.39 bits per heavy atom. The number of hydrogen-bond acceptors (Lipinski definition) is 5. The van der Waals surface area contributed by atoms with E-state index in [2.05, 4.69) is 18.7 Å². The second-order valence-corrected chi connectivity index (χ2v) is 4.67. The number of rotatable bonds is 10. The molecule has 0 spiro atoms. The molecule has 1 unspecified atom stereocenters. The van der Waals surface area contributed by atoms with Crippen LogP contribution in [0.2, 0.25) is 0 Å². The van der Waals surface area contributed by atoms with Gasteiger partial charge in [0.2, 0.25) is 0 Å². The Morgan fingerprint density at radius 2 is 1.94 bits per heavy atom. The van der Waals surface area contributed by atoms with Crippen molar-refractivity contribution in [3.05, 3.63) is 0 Å². The van der Waals surface area contributed by atoms with Gasteiger partial charge in [0.1, 0.15) is 5.41 Å². The Balaban J connectivity index is 3.95. The first-order valence-electron chi connectivity index (χ1n) is 6.53. The third kappa shape index (κ3) is 5.80. The lowest BCUT2D eigenvalue weighted by molar-refractivity contribution is -0.161. The fraction of sp³-hybridized carbons (Fsp3) is 0.923. The maximum Gasteiger partial charge on any atom is 0.316 e. The third-order valence-electron chi connectivity index (χ3n) is 3.05. The van der Waals surface area contributed by atoms with Gasteiger partial charge in [-0.05, 0) is 26.4 Å². The fourth-order valence-corrected chi connectivity index (χ4v) is 1.65. The predicted molar refractivity (Wildman–Crippen MR) is 70.4 cm³/mol. The average Bonchev–Trinajstić information content (AvgIpc) is 2.38. The molecule has 0 saturated carbocycles. The quantitative estimate of drug-likeness (QED) is 0.468. The van der Waals surface area contributed by atoms with Crippen molar-refractivity contribution in [2.75, 3.05) is 46.6 Å². The van der Waals surface area contributed by atoms with Crippen LogP contribution in [0.5, 0.6) is 0 Å². The lowest BCUT2D eigenvalue weighted by atomic mass is 9.93. The van der Waals surface area contributed by atoms with Gasteiger partial charge in [0.25, 0.3) is 0 Å². The lowest BCUT2D eigenvalue weighted by Gasteiger charge is -2.24. The Morgan fingerprint density at radius 1 is 1.33 bits per heavy atom. The molecule has 0 aliphatic heterocycles. The van der Waals surface area contributed by atoms with Crippen LogP contribution in [0.4, 0.5) is 0 Å². The van der Waals surface area contributed by atoms with E-state index in [4.69, 9.17) is 9.47 Å². The summed E-state index contributed by atoms with van der Waals surface area (Å²) < 4.78 is 10.1. The van der Waals surface area contributed by atoms with Crippen LogP contribution in [-0.2, 0) is 14.3 Å². The van der Waals surface area contributed by atoms with E-state index in [9.17, 15) is 9.90 Å². The van der Waals surface area contributed by atoms with E-state index >= 15 is 0 Å². The molecule has 0 aromatic heterocycles. The Labute approximate surface area is 110 Å². The average molecular weight is 261 g/mol. The SMILES string of the molecule is CCN(CC)CCCOC(=O)C(C)(CO)COC. The van der Waals surface area contributed by atoms with Crippen LogP contribution < -0.4 is 0 Å². The molecule has 0 amide bonds. The van der Waals surface area contributed by atoms with E-state index in [1.54, 1.807) is 6.92 Å². The molecule has 0 rings (SSSR count). The van der Waals surface area contributed by atoms with Gasteiger partial charge in [0.15, 0.2) is 0 Å². The summed E-state index contributed by atoms with van der Waals surface area (Å²) in [5.74, 6) is -0.397. The van der Waals surface area contributed by atoms with Gasteiger partial charge in [0.05, 0.1) is 19.8 Å². The highest BCUT2D eigenvalue weighted by molar-refractivity contribution is 5.76. The molecular formula is C13H27NO4. The van der Waals surface area contributed by atoms with Crippen LogP contribution in [-0.4, -0.2) is 62.5 Å². The fourth-order valence-electron chi connectivity index (χ4n) is 1.65. The molecule has 0 aliphatic carbocycles. The zero-order chi connectivity index (χ0) is 14.0. The number of methoxy groups -OCH3 is 1. The van der Waals surface area contributed by atoms with Gasteiger partial charge < -0.3 is 19.5 Å². The summed E-state index contributed by atoms with van der Waals surface area (Å²) in [5.41, 5.74) is -0.954. The number of carbonyl (C=O) groups excluding carboxylic acids is 1. The van der Waals surface area contributed by atoms with Crippen LogP contribution in [0.3, 0.4) is 0 Å². The smallest absolute Gasteiger partial charge is 0.316 e. The van der Waals surface area contributed by atoms with Crippen molar-refractivity contribution in [2.24, 2.45) is 5.41 Å². The normalized spacial score (nSPS) is 14.6. The molecular weight excluding hydrogens is 234 g/mol. The van der Waals surface area contributed by atoms with E-state index in [0.717, 1.165) is 26.1 Å². The van der Waals surface area contributed by atoms with Gasteiger partial charge in [-0.2, -0.15) is 0 Å². The van der Waals surface area contributed by atoms with Gasteiger partial charge in [-0.3, -0.25) is 4.79 Å².